The molecular formula is C20H15ClF3N5O. The number of nitrogens with zero attached hydrogens (tertiary/aromatic N) is 4. The molecule has 1 atom stereocenters. The monoisotopic (exact) mass is 433 g/mol. The molecule has 0 amide bonds. The second-order valence-electron chi connectivity index (χ2n) is 6.39. The minimum atomic E-state index is -4.63. The summed E-state index contributed by atoms with van der Waals surface area (Å²) < 4.78 is 44.6. The second kappa shape index (κ2) is 7.56. The summed E-state index contributed by atoms with van der Waals surface area (Å²) >= 11 is 6.53. The average Bonchev–Trinajstić information content (AvgIpc) is 3.03. The molecule has 6 nitrogen and oxygen atoms in total. The zero-order valence-electron chi connectivity index (χ0n) is 15.6. The number of halogens is 4. The molecule has 10 heteroatoms. The normalized spacial score (nSPS) is 17.6. The van der Waals surface area contributed by atoms with Crippen LogP contribution >= 0.6 is 11.6 Å². The Labute approximate surface area is 174 Å². The summed E-state index contributed by atoms with van der Waals surface area (Å²) in [5, 5.41) is 3.52. The Morgan fingerprint density at radius 1 is 1.13 bits per heavy atom. The summed E-state index contributed by atoms with van der Waals surface area (Å²) in [5.74, 6) is -0.361. The lowest BCUT2D eigenvalue weighted by Crippen LogP contribution is -2.25. The van der Waals surface area contributed by atoms with Crippen LogP contribution in [0.3, 0.4) is 0 Å². The van der Waals surface area contributed by atoms with Gasteiger partial charge in [0.1, 0.15) is 5.69 Å². The Bertz CT molecular complexity index is 1160. The topological polar surface area (TPSA) is 72.3 Å². The Morgan fingerprint density at radius 2 is 1.93 bits per heavy atom. The third-order valence-electron chi connectivity index (χ3n) is 4.16. The zero-order chi connectivity index (χ0) is 21.4. The van der Waals surface area contributed by atoms with Gasteiger partial charge < -0.3 is 10.1 Å². The quantitative estimate of drug-likeness (QED) is 0.493. The van der Waals surface area contributed by atoms with E-state index in [1.807, 2.05) is 24.3 Å². The van der Waals surface area contributed by atoms with Crippen molar-refractivity contribution in [1.29, 1.82) is 0 Å². The van der Waals surface area contributed by atoms with E-state index in [1.165, 1.54) is 12.3 Å². The number of alkyl halides is 4. The minimum Gasteiger partial charge on any atom is -0.478 e. The summed E-state index contributed by atoms with van der Waals surface area (Å²) in [6, 6.07) is 11.4. The number of para-hydroxylation sites is 1. The van der Waals surface area contributed by atoms with Crippen molar-refractivity contribution in [3.8, 4) is 17.4 Å². The molecule has 0 radical (unpaired) electrons. The zero-order valence-corrected chi connectivity index (χ0v) is 16.4. The van der Waals surface area contributed by atoms with E-state index in [2.05, 4.69) is 25.3 Å². The molecule has 4 rings (SSSR count). The Kier molecular flexibility index (Phi) is 5.07. The van der Waals surface area contributed by atoms with E-state index in [-0.39, 0.29) is 24.0 Å². The molecule has 1 aliphatic rings. The van der Waals surface area contributed by atoms with Crippen LogP contribution in [-0.2, 0) is 6.18 Å². The van der Waals surface area contributed by atoms with Crippen molar-refractivity contribution in [1.82, 2.24) is 15.0 Å². The molecule has 0 aliphatic carbocycles. The van der Waals surface area contributed by atoms with Gasteiger partial charge in [-0.1, -0.05) is 29.8 Å². The molecule has 2 aromatic heterocycles. The first kappa shape index (κ1) is 20.1. The Morgan fingerprint density at radius 3 is 2.60 bits per heavy atom. The molecule has 0 spiro atoms. The van der Waals surface area contributed by atoms with Crippen molar-refractivity contribution in [2.24, 2.45) is 4.99 Å². The molecular weight excluding hydrogens is 419 g/mol. The Hall–Kier alpha value is -3.20. The molecule has 3 heterocycles. The number of aromatic nitrogens is 3. The van der Waals surface area contributed by atoms with E-state index in [9.17, 15) is 13.2 Å². The fraction of sp³-hybridized carbons (Fsp3) is 0.200. The highest BCUT2D eigenvalue weighted by Gasteiger charge is 2.34. The number of benzene rings is 1. The molecule has 0 saturated carbocycles. The maximum absolute atomic E-state index is 13.1. The number of fused-ring (bicyclic) bond motifs is 1. The maximum Gasteiger partial charge on any atom is 0.433 e. The summed E-state index contributed by atoms with van der Waals surface area (Å²) in [5.41, 5.74) is -0.415. The van der Waals surface area contributed by atoms with Crippen molar-refractivity contribution in [3.63, 3.8) is 0 Å². The lowest BCUT2D eigenvalue weighted by Gasteiger charge is -2.19. The molecule has 1 N–H and O–H groups in total. The molecule has 1 aromatic carbocycles. The van der Waals surface area contributed by atoms with Crippen LogP contribution in [-0.4, -0.2) is 26.7 Å². The van der Waals surface area contributed by atoms with Gasteiger partial charge in [0.15, 0.2) is 11.5 Å². The highest BCUT2D eigenvalue weighted by atomic mass is 35.5. The number of rotatable bonds is 5. The molecule has 1 unspecified atom stereocenters. The van der Waals surface area contributed by atoms with Crippen LogP contribution in [0.5, 0.6) is 5.88 Å². The summed E-state index contributed by atoms with van der Waals surface area (Å²) in [6.07, 6.45) is -1.44. The van der Waals surface area contributed by atoms with E-state index in [0.29, 0.717) is 5.69 Å². The fourth-order valence-corrected chi connectivity index (χ4v) is 3.22. The molecule has 0 bridgehead atoms. The first-order chi connectivity index (χ1) is 14.3. The minimum absolute atomic E-state index is 0.159. The van der Waals surface area contributed by atoms with Crippen LogP contribution in [0, 0.1) is 0 Å². The fourth-order valence-electron chi connectivity index (χ4n) is 2.90. The van der Waals surface area contributed by atoms with Crippen LogP contribution in [0.4, 0.5) is 18.9 Å². The van der Waals surface area contributed by atoms with Crippen molar-refractivity contribution in [2.45, 2.75) is 18.2 Å². The van der Waals surface area contributed by atoms with Gasteiger partial charge in [-0.05, 0) is 31.2 Å². The smallest absolute Gasteiger partial charge is 0.433 e. The molecule has 1 aliphatic heterocycles. The first-order valence-electron chi connectivity index (χ1n) is 8.96. The van der Waals surface area contributed by atoms with Gasteiger partial charge >= 0.3 is 6.18 Å². The highest BCUT2D eigenvalue weighted by molar-refractivity contribution is 6.28. The van der Waals surface area contributed by atoms with Gasteiger partial charge in [-0.2, -0.15) is 18.2 Å². The number of ether oxygens (including phenoxy) is 1. The van der Waals surface area contributed by atoms with E-state index >= 15 is 0 Å². The third-order valence-corrected chi connectivity index (χ3v) is 4.45. The molecule has 0 saturated heterocycles. The number of anilines is 1. The van der Waals surface area contributed by atoms with Crippen molar-refractivity contribution in [3.05, 3.63) is 64.9 Å². The highest BCUT2D eigenvalue weighted by Crippen LogP contribution is 2.31. The van der Waals surface area contributed by atoms with Crippen LogP contribution in [0.1, 0.15) is 12.6 Å². The van der Waals surface area contributed by atoms with Crippen LogP contribution in [0.25, 0.3) is 17.6 Å². The summed E-state index contributed by atoms with van der Waals surface area (Å²) in [6.45, 7) is 1.82. The van der Waals surface area contributed by atoms with Crippen molar-refractivity contribution in [2.75, 3.05) is 11.9 Å². The Balaban J connectivity index is 1.61. The standard InChI is InChI=1S/C20H15ClF3N5O/c1-2-30-17-9-16(20(22,23)24)26-18(27-17)15-8-7-13(11-25-15)28-19(21)10-12-5-3-4-6-14(12)29-19/h3-11,28H,2H2,1H3. The average molecular weight is 434 g/mol. The number of nitrogens with one attached hydrogen (secondary N) is 1. The first-order valence-corrected chi connectivity index (χ1v) is 9.34. The lowest BCUT2D eigenvalue weighted by molar-refractivity contribution is -0.141. The predicted octanol–water partition coefficient (Wildman–Crippen LogP) is 3.37. The summed E-state index contributed by atoms with van der Waals surface area (Å²) in [7, 11) is 0. The van der Waals surface area contributed by atoms with E-state index in [4.69, 9.17) is 16.3 Å². The van der Waals surface area contributed by atoms with Crippen LogP contribution < -0.4 is 20.6 Å². The van der Waals surface area contributed by atoms with Gasteiger partial charge in [0.05, 0.1) is 23.8 Å². The molecule has 3 aromatic rings. The summed E-state index contributed by atoms with van der Waals surface area (Å²) in [4.78, 5) is 16.2. The molecule has 154 valence electrons. The number of hydrogen-bond donors (Lipinski definition) is 1. The molecule has 30 heavy (non-hydrogen) atoms. The van der Waals surface area contributed by atoms with E-state index in [0.717, 1.165) is 16.6 Å². The third kappa shape index (κ3) is 4.20. The number of pyridine rings is 1. The predicted molar refractivity (Wildman–Crippen MR) is 105 cm³/mol. The lowest BCUT2D eigenvalue weighted by atomic mass is 10.2. The van der Waals surface area contributed by atoms with Crippen molar-refractivity contribution >= 4 is 23.4 Å². The van der Waals surface area contributed by atoms with Crippen molar-refractivity contribution < 1.29 is 17.9 Å². The van der Waals surface area contributed by atoms with E-state index < -0.39 is 17.0 Å². The maximum atomic E-state index is 13.1. The SMILES string of the molecule is CCOc1cc(C(F)(F)F)nc(-c2ccc(NC3(Cl)C=c4ccccc4=N3)cn2)n1. The van der Waals surface area contributed by atoms with Crippen LogP contribution in [0.15, 0.2) is 53.7 Å². The van der Waals surface area contributed by atoms with Gasteiger partial charge in [0.25, 0.3) is 0 Å². The van der Waals surface area contributed by atoms with Gasteiger partial charge in [-0.15, -0.1) is 0 Å². The number of hydrogen-bond acceptors (Lipinski definition) is 6. The molecule has 0 fully saturated rings. The van der Waals surface area contributed by atoms with Gasteiger partial charge in [-0.3, -0.25) is 4.98 Å². The van der Waals surface area contributed by atoms with E-state index in [1.54, 1.807) is 19.1 Å². The van der Waals surface area contributed by atoms with Gasteiger partial charge in [0, 0.05) is 11.3 Å². The second-order valence-corrected chi connectivity index (χ2v) is 6.97. The van der Waals surface area contributed by atoms with Gasteiger partial charge in [0.2, 0.25) is 11.0 Å². The van der Waals surface area contributed by atoms with Crippen LogP contribution in [0.2, 0.25) is 0 Å². The van der Waals surface area contributed by atoms with Gasteiger partial charge in [-0.25, -0.2) is 9.98 Å². The largest absolute Gasteiger partial charge is 0.478 e.